The van der Waals surface area contributed by atoms with E-state index in [-0.39, 0.29) is 46.9 Å². The van der Waals surface area contributed by atoms with Crippen molar-refractivity contribution in [2.24, 2.45) is 5.41 Å². The number of carbonyl (C=O) groups excluding carboxylic acids is 1. The van der Waals surface area contributed by atoms with Crippen molar-refractivity contribution in [3.05, 3.63) is 111 Å². The van der Waals surface area contributed by atoms with Gasteiger partial charge in [0.25, 0.3) is 21.6 Å². The van der Waals surface area contributed by atoms with E-state index in [0.29, 0.717) is 37.5 Å². The number of nitrogens with zero attached hydrogens (tertiary/aromatic N) is 5. The van der Waals surface area contributed by atoms with Crippen LogP contribution >= 0.6 is 11.6 Å². The first-order valence-electron chi connectivity index (χ1n) is 22.5. The second-order valence-corrected chi connectivity index (χ2v) is 20.6. The molecule has 9 rings (SSSR count). The lowest BCUT2D eigenvalue weighted by molar-refractivity contribution is -0.384. The molecule has 0 spiro atoms. The second-order valence-electron chi connectivity index (χ2n) is 18.5. The van der Waals surface area contributed by atoms with Gasteiger partial charge >= 0.3 is 0 Å². The van der Waals surface area contributed by atoms with Crippen LogP contribution in [0.1, 0.15) is 62.4 Å². The number of hydrogen-bond donors (Lipinski definition) is 3. The average Bonchev–Trinajstić information content (AvgIpc) is 3.77. The molecule has 0 radical (unpaired) electrons. The van der Waals surface area contributed by atoms with Crippen LogP contribution in [0, 0.1) is 15.5 Å². The quantitative estimate of drug-likeness (QED) is 0.0761. The van der Waals surface area contributed by atoms with E-state index >= 15 is 0 Å². The molecule has 2 atom stereocenters. The lowest BCUT2D eigenvalue weighted by Crippen LogP contribution is -2.47. The Kier molecular flexibility index (Phi) is 13.0. The minimum absolute atomic E-state index is 0.0100. The number of amides is 1. The number of anilines is 2. The van der Waals surface area contributed by atoms with Gasteiger partial charge in [0.1, 0.15) is 23.8 Å². The SMILES string of the molecule is CC1CN(CCC2COc3cc(S(=O)(=O)NC(=O)c4ccc(N5CCN(CC6=C(c7ccc(Cl)cc7)CC(C)(C)CC6)CC5)cc4Oc4cnc5[nH]ccc5c4)cc([N+](=O)[O-])c3N2)CCO1. The Balaban J connectivity index is 0.924. The number of nitro benzene ring substituents is 1. The Morgan fingerprint density at radius 1 is 1.05 bits per heavy atom. The fourth-order valence-electron chi connectivity index (χ4n) is 9.37. The second kappa shape index (κ2) is 18.9. The molecule has 3 N–H and O–H groups in total. The van der Waals surface area contributed by atoms with Crippen molar-refractivity contribution in [3.63, 3.8) is 0 Å². The molecule has 0 bridgehead atoms. The van der Waals surface area contributed by atoms with Crippen LogP contribution in [-0.2, 0) is 14.8 Å². The number of allylic oxidation sites excluding steroid dienone is 1. The molecule has 5 aromatic rings. The zero-order chi connectivity index (χ0) is 46.2. The number of carbonyl (C=O) groups is 1. The number of piperazine rings is 1. The molecule has 3 aromatic carbocycles. The van der Waals surface area contributed by atoms with E-state index in [1.54, 1.807) is 24.4 Å². The van der Waals surface area contributed by atoms with Gasteiger partial charge in [0.2, 0.25) is 0 Å². The molecule has 2 aromatic heterocycles. The minimum atomic E-state index is -4.66. The largest absolute Gasteiger partial charge is 0.489 e. The molecule has 2 fully saturated rings. The Hall–Kier alpha value is -5.72. The Morgan fingerprint density at radius 2 is 1.85 bits per heavy atom. The number of nitrogens with one attached hydrogen (secondary N) is 3. The third kappa shape index (κ3) is 10.3. The zero-order valence-electron chi connectivity index (χ0n) is 37.3. The normalized spacial score (nSPS) is 20.3. The molecule has 16 nitrogen and oxygen atoms in total. The summed E-state index contributed by atoms with van der Waals surface area (Å²) in [6, 6.07) is 18.7. The summed E-state index contributed by atoms with van der Waals surface area (Å²) in [5.41, 5.74) is 5.33. The molecule has 348 valence electrons. The average molecular weight is 940 g/mol. The fourth-order valence-corrected chi connectivity index (χ4v) is 10.5. The smallest absolute Gasteiger partial charge is 0.297 e. The Labute approximate surface area is 389 Å². The van der Waals surface area contributed by atoms with Gasteiger partial charge in [-0.1, -0.05) is 43.2 Å². The summed E-state index contributed by atoms with van der Waals surface area (Å²) in [6.07, 6.45) is 7.24. The maximum absolute atomic E-state index is 14.1. The van der Waals surface area contributed by atoms with Gasteiger partial charge in [-0.05, 0) is 85.6 Å². The van der Waals surface area contributed by atoms with E-state index in [9.17, 15) is 23.3 Å². The van der Waals surface area contributed by atoms with E-state index in [1.807, 2.05) is 25.1 Å². The first-order chi connectivity index (χ1) is 31.7. The highest BCUT2D eigenvalue weighted by atomic mass is 35.5. The first kappa shape index (κ1) is 45.4. The van der Waals surface area contributed by atoms with Gasteiger partial charge < -0.3 is 29.4 Å². The van der Waals surface area contributed by atoms with Gasteiger partial charge in [0, 0.05) is 92.9 Å². The standard InChI is InChI=1S/C48H55ClN8O8S/c1-31-28-54(20-21-63-31)15-12-36-30-64-44-25-39(24-42(57(59)60)45(44)52-36)66(61,62)53-47(58)40-9-8-37(23-43(40)65-38-22-33-11-14-50-46(33)51-27-38)56-18-16-55(17-19-56)29-34-10-13-48(2,3)26-41(34)32-4-6-35(49)7-5-32/h4-9,11,14,22-25,27,31,36,52H,10,12-13,15-21,26,28-30H2,1-3H3,(H,50,51)(H,53,58). The molecule has 2 unspecified atom stereocenters. The monoisotopic (exact) mass is 938 g/mol. The topological polar surface area (TPSA) is 184 Å². The predicted octanol–water partition coefficient (Wildman–Crippen LogP) is 8.11. The van der Waals surface area contributed by atoms with Crippen molar-refractivity contribution in [2.45, 2.75) is 63.5 Å². The van der Waals surface area contributed by atoms with Crippen LogP contribution < -0.4 is 24.4 Å². The molecule has 1 amide bonds. The van der Waals surface area contributed by atoms with Crippen LogP contribution in [0.4, 0.5) is 17.1 Å². The molecule has 1 aliphatic carbocycles. The van der Waals surface area contributed by atoms with Crippen molar-refractivity contribution in [3.8, 4) is 17.2 Å². The number of pyridine rings is 1. The van der Waals surface area contributed by atoms with Gasteiger partial charge in [-0.25, -0.2) is 18.1 Å². The molecular formula is C48H55ClN8O8S. The Morgan fingerprint density at radius 3 is 2.62 bits per heavy atom. The van der Waals surface area contributed by atoms with E-state index in [1.165, 1.54) is 35.0 Å². The van der Waals surface area contributed by atoms with Gasteiger partial charge in [-0.2, -0.15) is 0 Å². The predicted molar refractivity (Wildman–Crippen MR) is 254 cm³/mol. The number of nitro groups is 1. The molecule has 3 aliphatic heterocycles. The minimum Gasteiger partial charge on any atom is -0.489 e. The van der Waals surface area contributed by atoms with Gasteiger partial charge in [0.05, 0.1) is 40.3 Å². The number of sulfonamides is 1. The molecule has 0 saturated carbocycles. The van der Waals surface area contributed by atoms with Gasteiger partial charge in [-0.15, -0.1) is 0 Å². The van der Waals surface area contributed by atoms with Crippen molar-refractivity contribution < 1.29 is 32.3 Å². The summed E-state index contributed by atoms with van der Waals surface area (Å²) in [4.78, 5) is 39.8. The molecule has 18 heteroatoms. The number of benzene rings is 3. The highest BCUT2D eigenvalue weighted by molar-refractivity contribution is 7.90. The highest BCUT2D eigenvalue weighted by Crippen LogP contribution is 2.44. The van der Waals surface area contributed by atoms with Crippen LogP contribution in [-0.4, -0.2) is 117 Å². The molecule has 5 heterocycles. The number of hydrogen-bond acceptors (Lipinski definition) is 13. The van der Waals surface area contributed by atoms with Crippen LogP contribution in [0.2, 0.25) is 5.02 Å². The summed E-state index contributed by atoms with van der Waals surface area (Å²) >= 11 is 6.25. The summed E-state index contributed by atoms with van der Waals surface area (Å²) in [5, 5.41) is 17.1. The number of rotatable bonds is 13. The number of fused-ring (bicyclic) bond motifs is 2. The lowest BCUT2D eigenvalue weighted by Gasteiger charge is -2.39. The number of aromatic amines is 1. The van der Waals surface area contributed by atoms with Crippen molar-refractivity contribution in [2.75, 3.05) is 75.8 Å². The zero-order valence-corrected chi connectivity index (χ0v) is 38.9. The lowest BCUT2D eigenvalue weighted by atomic mass is 9.72. The number of halogens is 1. The van der Waals surface area contributed by atoms with Gasteiger partial charge in [-0.3, -0.25) is 24.7 Å². The Bertz CT molecular complexity index is 2770. The fraction of sp³-hybridized carbons (Fsp3) is 0.417. The number of morpholine rings is 1. The maximum atomic E-state index is 14.1. The van der Waals surface area contributed by atoms with Crippen LogP contribution in [0.25, 0.3) is 16.6 Å². The van der Waals surface area contributed by atoms with E-state index in [0.717, 1.165) is 80.7 Å². The third-order valence-electron chi connectivity index (χ3n) is 13.0. The van der Waals surface area contributed by atoms with Crippen LogP contribution in [0.3, 0.4) is 0 Å². The molecule has 2 saturated heterocycles. The van der Waals surface area contributed by atoms with Crippen molar-refractivity contribution >= 4 is 61.2 Å². The highest BCUT2D eigenvalue weighted by Gasteiger charge is 2.34. The van der Waals surface area contributed by atoms with Crippen LogP contribution in [0.5, 0.6) is 17.2 Å². The van der Waals surface area contributed by atoms with Crippen molar-refractivity contribution in [1.82, 2.24) is 24.5 Å². The summed E-state index contributed by atoms with van der Waals surface area (Å²) in [6.45, 7) is 13.8. The van der Waals surface area contributed by atoms with E-state index in [2.05, 4.69) is 60.7 Å². The summed E-state index contributed by atoms with van der Waals surface area (Å²) < 4.78 is 47.9. The number of H-pyrrole nitrogens is 1. The van der Waals surface area contributed by atoms with Gasteiger partial charge in [0.15, 0.2) is 11.4 Å². The van der Waals surface area contributed by atoms with Crippen LogP contribution in [0.15, 0.2) is 89.6 Å². The number of ether oxygens (including phenoxy) is 3. The van der Waals surface area contributed by atoms with Crippen molar-refractivity contribution in [1.29, 1.82) is 0 Å². The first-order valence-corrected chi connectivity index (χ1v) is 24.3. The number of aromatic nitrogens is 2. The third-order valence-corrected chi connectivity index (χ3v) is 14.6. The van der Waals surface area contributed by atoms with E-state index < -0.39 is 31.4 Å². The molecule has 4 aliphatic rings. The maximum Gasteiger partial charge on any atom is 0.297 e. The van der Waals surface area contributed by atoms with E-state index in [4.69, 9.17) is 25.8 Å². The molecule has 66 heavy (non-hydrogen) atoms. The molecular weight excluding hydrogens is 884 g/mol. The summed E-state index contributed by atoms with van der Waals surface area (Å²) in [7, 11) is -4.66. The summed E-state index contributed by atoms with van der Waals surface area (Å²) in [5.74, 6) is -0.511.